The monoisotopic (exact) mass is 298 g/mol. The van der Waals surface area contributed by atoms with E-state index in [0.29, 0.717) is 6.54 Å². The number of alkyl carbamates (subject to hydrolysis) is 1. The highest BCUT2D eigenvalue weighted by Gasteiger charge is 2.44. The predicted molar refractivity (Wildman–Crippen MR) is 86.2 cm³/mol. The van der Waals surface area contributed by atoms with Gasteiger partial charge < -0.3 is 10.1 Å². The van der Waals surface area contributed by atoms with Gasteiger partial charge in [-0.05, 0) is 44.7 Å². The number of rotatable bonds is 4. The summed E-state index contributed by atoms with van der Waals surface area (Å²) in [6, 6.07) is 10.4. The van der Waals surface area contributed by atoms with Crippen molar-refractivity contribution in [3.63, 3.8) is 0 Å². The quantitative estimate of drug-likeness (QED) is 0.920. The van der Waals surface area contributed by atoms with Crippen LogP contribution in [0.5, 0.6) is 0 Å². The summed E-state index contributed by atoms with van der Waals surface area (Å²) in [5.74, 6) is 0. The minimum absolute atomic E-state index is 0.265. The number of benzene rings is 1. The zero-order chi connectivity index (χ0) is 16.2. The van der Waals surface area contributed by atoms with E-state index in [-0.39, 0.29) is 5.41 Å². The third-order valence-corrected chi connectivity index (χ3v) is 3.48. The zero-order valence-corrected chi connectivity index (χ0v) is 13.3. The number of amides is 1. The normalized spacial score (nSPS) is 16.1. The number of carbonyl (C=O) groups excluding carboxylic acids is 1. The van der Waals surface area contributed by atoms with Crippen molar-refractivity contribution in [2.75, 3.05) is 6.54 Å². The van der Waals surface area contributed by atoms with E-state index in [0.717, 1.165) is 24.0 Å². The van der Waals surface area contributed by atoms with Crippen LogP contribution in [-0.2, 0) is 10.2 Å². The summed E-state index contributed by atoms with van der Waals surface area (Å²) in [5, 5.41) is 11.9. The van der Waals surface area contributed by atoms with Gasteiger partial charge in [0.1, 0.15) is 5.60 Å². The number of nitrogens with one attached hydrogen (secondary N) is 1. The van der Waals surface area contributed by atoms with Gasteiger partial charge >= 0.3 is 6.09 Å². The first-order valence-corrected chi connectivity index (χ1v) is 7.50. The maximum absolute atomic E-state index is 11.5. The molecular weight excluding hydrogens is 276 g/mol. The first-order valence-electron chi connectivity index (χ1n) is 7.50. The van der Waals surface area contributed by atoms with Gasteiger partial charge in [-0.2, -0.15) is 5.26 Å². The van der Waals surface area contributed by atoms with Crippen LogP contribution in [0, 0.1) is 11.3 Å². The minimum Gasteiger partial charge on any atom is -0.444 e. The van der Waals surface area contributed by atoms with Crippen molar-refractivity contribution in [3.05, 3.63) is 41.5 Å². The Hall–Kier alpha value is -2.28. The minimum atomic E-state index is -0.488. The Labute approximate surface area is 131 Å². The van der Waals surface area contributed by atoms with Gasteiger partial charge in [-0.3, -0.25) is 0 Å². The molecule has 0 aliphatic heterocycles. The zero-order valence-electron chi connectivity index (χ0n) is 13.3. The van der Waals surface area contributed by atoms with Crippen LogP contribution in [0.15, 0.2) is 30.3 Å². The van der Waals surface area contributed by atoms with Crippen molar-refractivity contribution in [3.8, 4) is 6.07 Å². The van der Waals surface area contributed by atoms with E-state index in [2.05, 4.69) is 11.4 Å². The molecular formula is C18H22N2O2. The number of hydrogen-bond acceptors (Lipinski definition) is 3. The Bertz CT molecular complexity index is 617. The molecule has 4 heteroatoms. The summed E-state index contributed by atoms with van der Waals surface area (Å²) >= 11 is 0. The van der Waals surface area contributed by atoms with Gasteiger partial charge in [0.05, 0.1) is 11.5 Å². The fourth-order valence-corrected chi connectivity index (χ4v) is 2.18. The Balaban J connectivity index is 1.88. The summed E-state index contributed by atoms with van der Waals surface area (Å²) in [5.41, 5.74) is 1.36. The summed E-state index contributed by atoms with van der Waals surface area (Å²) in [6.07, 6.45) is 5.27. The predicted octanol–water partition coefficient (Wildman–Crippen LogP) is 3.78. The van der Waals surface area contributed by atoms with Crippen molar-refractivity contribution in [1.29, 1.82) is 5.26 Å². The average Bonchev–Trinajstić information content (AvgIpc) is 3.23. The molecule has 4 nitrogen and oxygen atoms in total. The molecule has 1 saturated carbocycles. The van der Waals surface area contributed by atoms with Crippen LogP contribution in [0.4, 0.5) is 4.79 Å². The molecule has 1 aliphatic carbocycles. The Morgan fingerprint density at radius 2 is 2.18 bits per heavy atom. The van der Waals surface area contributed by atoms with Gasteiger partial charge in [0.15, 0.2) is 0 Å². The van der Waals surface area contributed by atoms with Gasteiger partial charge in [0.25, 0.3) is 0 Å². The van der Waals surface area contributed by atoms with Gasteiger partial charge in [-0.25, -0.2) is 4.79 Å². The number of ether oxygens (including phenoxy) is 1. The molecule has 116 valence electrons. The van der Waals surface area contributed by atoms with E-state index in [1.165, 1.54) is 0 Å². The Kier molecular flexibility index (Phi) is 4.56. The number of nitrogens with zero attached hydrogens (tertiary/aromatic N) is 1. The topological polar surface area (TPSA) is 62.1 Å². The second-order valence-corrected chi connectivity index (χ2v) is 6.60. The summed E-state index contributed by atoms with van der Waals surface area (Å²) in [7, 11) is 0. The van der Waals surface area contributed by atoms with Crippen LogP contribution in [0.2, 0.25) is 0 Å². The second-order valence-electron chi connectivity index (χ2n) is 6.60. The molecule has 0 bridgehead atoms. The fraction of sp³-hybridized carbons (Fsp3) is 0.444. The van der Waals surface area contributed by atoms with Crippen LogP contribution < -0.4 is 5.32 Å². The SMILES string of the molecule is CC(C)(C)OC(=O)NCC=Cc1cccc(C2(C#N)CC2)c1. The maximum Gasteiger partial charge on any atom is 0.407 e. The van der Waals surface area contributed by atoms with Crippen molar-refractivity contribution in [2.24, 2.45) is 0 Å². The molecule has 0 saturated heterocycles. The average molecular weight is 298 g/mol. The van der Waals surface area contributed by atoms with Crippen LogP contribution in [0.1, 0.15) is 44.7 Å². The van der Waals surface area contributed by atoms with Gasteiger partial charge in [0, 0.05) is 6.54 Å². The largest absolute Gasteiger partial charge is 0.444 e. The molecule has 1 aromatic carbocycles. The van der Waals surface area contributed by atoms with Crippen LogP contribution in [-0.4, -0.2) is 18.2 Å². The molecule has 1 amide bonds. The second kappa shape index (κ2) is 6.23. The molecule has 22 heavy (non-hydrogen) atoms. The highest BCUT2D eigenvalue weighted by molar-refractivity contribution is 5.68. The standard InChI is InChI=1S/C18H22N2O2/c1-17(2,3)22-16(21)20-11-5-7-14-6-4-8-15(12-14)18(13-19)9-10-18/h4-8,12H,9-11H2,1-3H3,(H,20,21). The highest BCUT2D eigenvalue weighted by Crippen LogP contribution is 2.47. The molecule has 0 atom stereocenters. The number of hydrogen-bond donors (Lipinski definition) is 1. The molecule has 2 rings (SSSR count). The van der Waals surface area contributed by atoms with Crippen molar-refractivity contribution >= 4 is 12.2 Å². The Morgan fingerprint density at radius 3 is 2.77 bits per heavy atom. The molecule has 0 spiro atoms. The Morgan fingerprint density at radius 1 is 1.45 bits per heavy atom. The van der Waals surface area contributed by atoms with E-state index < -0.39 is 11.7 Å². The lowest BCUT2D eigenvalue weighted by Gasteiger charge is -2.19. The molecule has 0 unspecified atom stereocenters. The lowest BCUT2D eigenvalue weighted by Crippen LogP contribution is -2.32. The van der Waals surface area contributed by atoms with Crippen molar-refractivity contribution < 1.29 is 9.53 Å². The highest BCUT2D eigenvalue weighted by atomic mass is 16.6. The molecule has 1 N–H and O–H groups in total. The maximum atomic E-state index is 11.5. The van der Waals surface area contributed by atoms with Gasteiger partial charge in [-0.15, -0.1) is 0 Å². The molecule has 1 fully saturated rings. The molecule has 0 radical (unpaired) electrons. The van der Waals surface area contributed by atoms with Crippen molar-refractivity contribution in [2.45, 2.75) is 44.6 Å². The summed E-state index contributed by atoms with van der Waals surface area (Å²) < 4.78 is 5.16. The lowest BCUT2D eigenvalue weighted by atomic mass is 9.96. The van der Waals surface area contributed by atoms with E-state index in [1.807, 2.05) is 57.2 Å². The summed E-state index contributed by atoms with van der Waals surface area (Å²) in [6.45, 7) is 5.90. The molecule has 1 aliphatic rings. The molecule has 0 aromatic heterocycles. The van der Waals surface area contributed by atoms with Gasteiger partial charge in [0.2, 0.25) is 0 Å². The fourth-order valence-electron chi connectivity index (χ4n) is 2.18. The smallest absolute Gasteiger partial charge is 0.407 e. The first-order chi connectivity index (χ1) is 10.3. The van der Waals surface area contributed by atoms with Crippen LogP contribution >= 0.6 is 0 Å². The van der Waals surface area contributed by atoms with E-state index >= 15 is 0 Å². The van der Waals surface area contributed by atoms with Crippen LogP contribution in [0.25, 0.3) is 6.08 Å². The van der Waals surface area contributed by atoms with Crippen molar-refractivity contribution in [1.82, 2.24) is 5.32 Å². The molecule has 1 aromatic rings. The first kappa shape index (κ1) is 16.1. The third kappa shape index (κ3) is 4.36. The van der Waals surface area contributed by atoms with E-state index in [4.69, 9.17) is 4.74 Å². The molecule has 0 heterocycles. The van der Waals surface area contributed by atoms with E-state index in [1.54, 1.807) is 0 Å². The third-order valence-electron chi connectivity index (χ3n) is 3.48. The lowest BCUT2D eigenvalue weighted by molar-refractivity contribution is 0.0534. The number of nitriles is 1. The summed E-state index contributed by atoms with van der Waals surface area (Å²) in [4.78, 5) is 11.5. The van der Waals surface area contributed by atoms with E-state index in [9.17, 15) is 10.1 Å². The van der Waals surface area contributed by atoms with Crippen LogP contribution in [0.3, 0.4) is 0 Å². The number of carbonyl (C=O) groups is 1. The van der Waals surface area contributed by atoms with Gasteiger partial charge in [-0.1, -0.05) is 36.4 Å².